The van der Waals surface area contributed by atoms with E-state index in [0.29, 0.717) is 45.5 Å². The fraction of sp³-hybridized carbons (Fsp3) is 0. The molecule has 0 spiro atoms. The predicted octanol–water partition coefficient (Wildman–Crippen LogP) is 8.93. The monoisotopic (exact) mass is 728 g/mol. The smallest absolute Gasteiger partial charge is 0.336 e. The quantitative estimate of drug-likeness (QED) is 0.0902. The van der Waals surface area contributed by atoms with Gasteiger partial charge in [0.2, 0.25) is 0 Å². The summed E-state index contributed by atoms with van der Waals surface area (Å²) < 4.78 is 17.8. The Morgan fingerprint density at radius 2 is 0.709 bits per heavy atom. The highest BCUT2D eigenvalue weighted by atomic mass is 16.5. The molecule has 0 radical (unpaired) electrons. The van der Waals surface area contributed by atoms with Gasteiger partial charge in [-0.15, -0.1) is 12.8 Å². The predicted molar refractivity (Wildman–Crippen MR) is 205 cm³/mol. The molecule has 0 aromatic heterocycles. The minimum absolute atomic E-state index is 0.0928. The summed E-state index contributed by atoms with van der Waals surface area (Å²) >= 11 is 0. The van der Waals surface area contributed by atoms with Crippen molar-refractivity contribution >= 4 is 35.1 Å². The van der Waals surface area contributed by atoms with Crippen molar-refractivity contribution in [3.63, 3.8) is 0 Å². The lowest BCUT2D eigenvalue weighted by atomic mass is 10.1. The molecule has 6 aromatic rings. The van der Waals surface area contributed by atoms with Gasteiger partial charge in [-0.1, -0.05) is 11.8 Å². The number of anilines is 2. The molecule has 4 N–H and O–H groups in total. The molecule has 0 atom stereocenters. The van der Waals surface area contributed by atoms with Crippen LogP contribution < -0.4 is 24.8 Å². The number of hydrogen-bond donors (Lipinski definition) is 4. The van der Waals surface area contributed by atoms with E-state index in [1.807, 2.05) is 0 Å². The Labute approximate surface area is 314 Å². The summed E-state index contributed by atoms with van der Waals surface area (Å²) in [5.74, 6) is 3.41. The zero-order chi connectivity index (χ0) is 38.9. The van der Waals surface area contributed by atoms with E-state index in [-0.39, 0.29) is 33.8 Å². The van der Waals surface area contributed by atoms with Crippen molar-refractivity contribution in [2.75, 3.05) is 10.6 Å². The molecule has 0 saturated carbocycles. The van der Waals surface area contributed by atoms with Gasteiger partial charge in [-0.25, -0.2) is 9.59 Å². The van der Waals surface area contributed by atoms with Crippen LogP contribution in [0.3, 0.4) is 0 Å². The zero-order valence-electron chi connectivity index (χ0n) is 28.6. The SMILES string of the molecule is C#Cc1ccc(NC(=O)c2cc(Oc3ccc(Oc4ccc(Oc5ccc(C(=O)O)c(C(=O)Nc6ccc(C#C)cc6)c5)cc4)cc3)ccc2C(=O)O)cc1. The Morgan fingerprint density at radius 1 is 0.418 bits per heavy atom. The van der Waals surface area contributed by atoms with Crippen molar-refractivity contribution in [2.45, 2.75) is 0 Å². The van der Waals surface area contributed by atoms with E-state index in [0.717, 1.165) is 0 Å². The summed E-state index contributed by atoms with van der Waals surface area (Å²) in [6.07, 6.45) is 10.8. The van der Waals surface area contributed by atoms with E-state index >= 15 is 0 Å². The van der Waals surface area contributed by atoms with E-state index < -0.39 is 23.8 Å². The summed E-state index contributed by atoms with van der Waals surface area (Å²) in [5, 5.41) is 24.7. The fourth-order valence-electron chi connectivity index (χ4n) is 5.18. The standard InChI is InChI=1S/C44H28N2O9/c1-3-27-5-9-29(10-6-27)45-41(47)39-25-35(21-23-37(39)43(49)50)54-33-17-13-31(14-18-33)53-32-15-19-34(20-16-32)55-36-22-24-38(44(51)52)40(26-36)42(48)46-30-11-7-28(4-2)8-12-30/h1-2,5-26H,(H,45,47)(H,46,48)(H,49,50)(H,51,52). The molecule has 2 amide bonds. The van der Waals surface area contributed by atoms with Gasteiger partial charge in [0.25, 0.3) is 11.8 Å². The summed E-state index contributed by atoms with van der Waals surface area (Å²) in [4.78, 5) is 49.8. The highest BCUT2D eigenvalue weighted by Crippen LogP contribution is 2.31. The number of amides is 2. The topological polar surface area (TPSA) is 160 Å². The first kappa shape index (κ1) is 36.5. The lowest BCUT2D eigenvalue weighted by Gasteiger charge is -2.12. The fourth-order valence-corrected chi connectivity index (χ4v) is 5.18. The highest BCUT2D eigenvalue weighted by Gasteiger charge is 2.20. The van der Waals surface area contributed by atoms with Crippen LogP contribution in [0.1, 0.15) is 52.6 Å². The number of rotatable bonds is 12. The molecular formula is C44H28N2O9. The molecule has 6 aromatic carbocycles. The van der Waals surface area contributed by atoms with Gasteiger partial charge in [0.1, 0.15) is 34.5 Å². The summed E-state index contributed by atoms with van der Waals surface area (Å²) in [5.41, 5.74) is 1.57. The molecule has 6 rings (SSSR count). The highest BCUT2D eigenvalue weighted by molar-refractivity contribution is 6.12. The first-order valence-electron chi connectivity index (χ1n) is 16.3. The van der Waals surface area contributed by atoms with E-state index in [4.69, 9.17) is 27.1 Å². The number of carboxylic acids is 2. The number of aromatic carboxylic acids is 2. The molecule has 0 aliphatic heterocycles. The molecule has 268 valence electrons. The van der Waals surface area contributed by atoms with Crippen molar-refractivity contribution in [2.24, 2.45) is 0 Å². The van der Waals surface area contributed by atoms with Crippen LogP contribution in [-0.4, -0.2) is 34.0 Å². The van der Waals surface area contributed by atoms with Crippen LogP contribution in [0.2, 0.25) is 0 Å². The second-order valence-corrected chi connectivity index (χ2v) is 11.6. The van der Waals surface area contributed by atoms with Gasteiger partial charge in [-0.2, -0.15) is 0 Å². The molecule has 0 aliphatic carbocycles. The summed E-state index contributed by atoms with van der Waals surface area (Å²) in [6, 6.07) is 34.5. The van der Waals surface area contributed by atoms with Crippen LogP contribution in [0.5, 0.6) is 34.5 Å². The van der Waals surface area contributed by atoms with Gasteiger partial charge in [-0.3, -0.25) is 9.59 Å². The van der Waals surface area contributed by atoms with E-state index in [2.05, 4.69) is 22.5 Å². The van der Waals surface area contributed by atoms with Crippen molar-refractivity contribution < 1.29 is 43.6 Å². The Bertz CT molecular complexity index is 2320. The lowest BCUT2D eigenvalue weighted by Crippen LogP contribution is -2.16. The number of ether oxygens (including phenoxy) is 3. The number of carbonyl (C=O) groups is 4. The molecule has 0 fully saturated rings. The third-order valence-electron chi connectivity index (χ3n) is 7.91. The van der Waals surface area contributed by atoms with Gasteiger partial charge in [0.05, 0.1) is 22.3 Å². The van der Waals surface area contributed by atoms with Crippen molar-refractivity contribution in [3.8, 4) is 59.2 Å². The Hall–Kier alpha value is -8.28. The number of carbonyl (C=O) groups excluding carboxylic acids is 2. The minimum atomic E-state index is -1.27. The number of hydrogen-bond acceptors (Lipinski definition) is 7. The molecule has 0 heterocycles. The molecule has 11 heteroatoms. The van der Waals surface area contributed by atoms with Crippen LogP contribution in [0, 0.1) is 24.7 Å². The van der Waals surface area contributed by atoms with Crippen molar-refractivity contribution in [3.05, 3.63) is 167 Å². The second kappa shape index (κ2) is 16.4. The van der Waals surface area contributed by atoms with Crippen LogP contribution in [0.4, 0.5) is 11.4 Å². The van der Waals surface area contributed by atoms with Crippen LogP contribution in [0.15, 0.2) is 133 Å². The molecule has 0 saturated heterocycles. The number of benzene rings is 6. The average molecular weight is 729 g/mol. The average Bonchev–Trinajstić information content (AvgIpc) is 3.19. The van der Waals surface area contributed by atoms with Gasteiger partial charge in [0, 0.05) is 22.5 Å². The molecule has 55 heavy (non-hydrogen) atoms. The van der Waals surface area contributed by atoms with Crippen LogP contribution in [0.25, 0.3) is 0 Å². The van der Waals surface area contributed by atoms with Gasteiger partial charge in [-0.05, 0) is 133 Å². The normalized spacial score (nSPS) is 10.2. The molecule has 0 bridgehead atoms. The number of carboxylic acid groups (broad SMARTS) is 2. The first-order chi connectivity index (χ1) is 26.6. The van der Waals surface area contributed by atoms with Gasteiger partial charge >= 0.3 is 11.9 Å². The largest absolute Gasteiger partial charge is 0.478 e. The zero-order valence-corrected chi connectivity index (χ0v) is 28.6. The van der Waals surface area contributed by atoms with Crippen LogP contribution in [-0.2, 0) is 0 Å². The van der Waals surface area contributed by atoms with E-state index in [1.54, 1.807) is 97.1 Å². The molecule has 0 aliphatic rings. The third-order valence-corrected chi connectivity index (χ3v) is 7.91. The molecule has 0 unspecified atom stereocenters. The Kier molecular flexibility index (Phi) is 10.9. The van der Waals surface area contributed by atoms with Gasteiger partial charge in [0.15, 0.2) is 0 Å². The minimum Gasteiger partial charge on any atom is -0.478 e. The Balaban J connectivity index is 1.09. The van der Waals surface area contributed by atoms with E-state index in [9.17, 15) is 29.4 Å². The maximum absolute atomic E-state index is 13.0. The first-order valence-corrected chi connectivity index (χ1v) is 16.3. The van der Waals surface area contributed by atoms with E-state index in [1.165, 1.54) is 36.4 Å². The lowest BCUT2D eigenvalue weighted by molar-refractivity contribution is 0.0683. The van der Waals surface area contributed by atoms with Crippen molar-refractivity contribution in [1.82, 2.24) is 0 Å². The second-order valence-electron chi connectivity index (χ2n) is 11.6. The third kappa shape index (κ3) is 9.15. The van der Waals surface area contributed by atoms with Crippen molar-refractivity contribution in [1.29, 1.82) is 0 Å². The van der Waals surface area contributed by atoms with Crippen LogP contribution >= 0.6 is 0 Å². The number of terminal acetylenes is 2. The summed E-state index contributed by atoms with van der Waals surface area (Å²) in [6.45, 7) is 0. The maximum atomic E-state index is 13.0. The molecular weight excluding hydrogens is 700 g/mol. The maximum Gasteiger partial charge on any atom is 0.336 e. The Morgan fingerprint density at radius 3 is 1.00 bits per heavy atom. The van der Waals surface area contributed by atoms with Gasteiger partial charge < -0.3 is 35.1 Å². The molecule has 11 nitrogen and oxygen atoms in total. The summed E-state index contributed by atoms with van der Waals surface area (Å²) in [7, 11) is 0. The number of nitrogens with one attached hydrogen (secondary N) is 2.